The SMILES string of the molecule is CCC(=O)CCCCC(=O)NCC(=O)C(C)C. The van der Waals surface area contributed by atoms with Gasteiger partial charge >= 0.3 is 0 Å². The van der Waals surface area contributed by atoms with Crippen LogP contribution in [0.4, 0.5) is 0 Å². The molecule has 1 amide bonds. The second-order valence-electron chi connectivity index (χ2n) is 4.50. The summed E-state index contributed by atoms with van der Waals surface area (Å²) in [4.78, 5) is 33.6. The van der Waals surface area contributed by atoms with E-state index >= 15 is 0 Å². The lowest BCUT2D eigenvalue weighted by atomic mass is 10.1. The van der Waals surface area contributed by atoms with Crippen molar-refractivity contribution in [2.75, 3.05) is 6.54 Å². The van der Waals surface area contributed by atoms with Gasteiger partial charge < -0.3 is 5.32 Å². The fourth-order valence-corrected chi connectivity index (χ4v) is 1.26. The van der Waals surface area contributed by atoms with Crippen molar-refractivity contribution in [3.05, 3.63) is 0 Å². The molecule has 0 unspecified atom stereocenters. The van der Waals surface area contributed by atoms with Crippen LogP contribution >= 0.6 is 0 Å². The summed E-state index contributed by atoms with van der Waals surface area (Å²) in [6.07, 6.45) is 2.96. The van der Waals surface area contributed by atoms with Crippen LogP contribution in [0.2, 0.25) is 0 Å². The van der Waals surface area contributed by atoms with Crippen LogP contribution < -0.4 is 5.32 Å². The molecule has 0 aliphatic rings. The maximum absolute atomic E-state index is 11.3. The fourth-order valence-electron chi connectivity index (χ4n) is 1.26. The summed E-state index contributed by atoms with van der Waals surface area (Å²) in [7, 11) is 0. The van der Waals surface area contributed by atoms with Crippen molar-refractivity contribution in [1.82, 2.24) is 5.32 Å². The summed E-state index contributed by atoms with van der Waals surface area (Å²) in [5.74, 6) is 0.125. The van der Waals surface area contributed by atoms with Gasteiger partial charge in [-0.3, -0.25) is 14.4 Å². The molecule has 0 aromatic rings. The van der Waals surface area contributed by atoms with E-state index in [4.69, 9.17) is 0 Å². The highest BCUT2D eigenvalue weighted by atomic mass is 16.2. The van der Waals surface area contributed by atoms with Crippen LogP contribution in [0.3, 0.4) is 0 Å². The number of carbonyl (C=O) groups is 3. The lowest BCUT2D eigenvalue weighted by Crippen LogP contribution is -2.31. The van der Waals surface area contributed by atoms with Gasteiger partial charge in [0.15, 0.2) is 5.78 Å². The predicted molar refractivity (Wildman–Crippen MR) is 66.6 cm³/mol. The molecular weight excluding hydrogens is 218 g/mol. The number of rotatable bonds is 9. The van der Waals surface area contributed by atoms with Crippen molar-refractivity contribution in [2.45, 2.75) is 52.9 Å². The van der Waals surface area contributed by atoms with E-state index in [1.165, 1.54) is 0 Å². The molecule has 98 valence electrons. The Hall–Kier alpha value is -1.19. The van der Waals surface area contributed by atoms with Gasteiger partial charge in [0.05, 0.1) is 6.54 Å². The summed E-state index contributed by atoms with van der Waals surface area (Å²) in [5.41, 5.74) is 0. The first-order valence-corrected chi connectivity index (χ1v) is 6.28. The van der Waals surface area contributed by atoms with Crippen LogP contribution in [0.5, 0.6) is 0 Å². The Morgan fingerprint density at radius 3 is 2.18 bits per heavy atom. The van der Waals surface area contributed by atoms with E-state index in [2.05, 4.69) is 5.32 Å². The van der Waals surface area contributed by atoms with Gasteiger partial charge in [0, 0.05) is 25.2 Å². The van der Waals surface area contributed by atoms with Crippen molar-refractivity contribution in [3.63, 3.8) is 0 Å². The first-order chi connectivity index (χ1) is 7.97. The minimum Gasteiger partial charge on any atom is -0.349 e. The molecule has 0 atom stereocenters. The number of hydrogen-bond acceptors (Lipinski definition) is 3. The lowest BCUT2D eigenvalue weighted by molar-refractivity contribution is -0.126. The topological polar surface area (TPSA) is 63.2 Å². The molecule has 0 rings (SSSR count). The molecule has 0 spiro atoms. The van der Waals surface area contributed by atoms with Gasteiger partial charge in [0.25, 0.3) is 0 Å². The van der Waals surface area contributed by atoms with Gasteiger partial charge in [0.2, 0.25) is 5.91 Å². The number of hydrogen-bond donors (Lipinski definition) is 1. The van der Waals surface area contributed by atoms with Gasteiger partial charge in [-0.15, -0.1) is 0 Å². The minimum atomic E-state index is -0.108. The quantitative estimate of drug-likeness (QED) is 0.627. The molecular formula is C13H23NO3. The maximum atomic E-state index is 11.3. The molecule has 0 aromatic carbocycles. The zero-order valence-corrected chi connectivity index (χ0v) is 11.0. The predicted octanol–water partition coefficient (Wildman–Crippen LogP) is 1.87. The van der Waals surface area contributed by atoms with Crippen molar-refractivity contribution >= 4 is 17.5 Å². The third kappa shape index (κ3) is 8.60. The Kier molecular flexibility index (Phi) is 8.28. The fraction of sp³-hybridized carbons (Fsp3) is 0.769. The summed E-state index contributed by atoms with van der Waals surface area (Å²) in [6, 6.07) is 0. The summed E-state index contributed by atoms with van der Waals surface area (Å²) < 4.78 is 0. The molecule has 0 radical (unpaired) electrons. The Bertz CT molecular complexity index is 272. The summed E-state index contributed by atoms with van der Waals surface area (Å²) >= 11 is 0. The van der Waals surface area contributed by atoms with E-state index in [0.717, 1.165) is 6.42 Å². The standard InChI is InChI=1S/C13H23NO3/c1-4-11(15)7-5-6-8-13(17)14-9-12(16)10(2)3/h10H,4-9H2,1-3H3,(H,14,17). The number of amides is 1. The number of Topliss-reactive ketones (excluding diaryl/α,β-unsaturated/α-hetero) is 2. The van der Waals surface area contributed by atoms with Gasteiger partial charge in [-0.05, 0) is 12.8 Å². The molecule has 0 fully saturated rings. The molecule has 0 aliphatic heterocycles. The molecule has 0 aliphatic carbocycles. The van der Waals surface area contributed by atoms with Gasteiger partial charge in [-0.2, -0.15) is 0 Å². The first-order valence-electron chi connectivity index (χ1n) is 6.28. The van der Waals surface area contributed by atoms with Crippen LogP contribution in [0, 0.1) is 5.92 Å². The van der Waals surface area contributed by atoms with E-state index in [1.54, 1.807) is 0 Å². The largest absolute Gasteiger partial charge is 0.349 e. The van der Waals surface area contributed by atoms with E-state index in [1.807, 2.05) is 20.8 Å². The van der Waals surface area contributed by atoms with Crippen LogP contribution in [-0.2, 0) is 14.4 Å². The Morgan fingerprint density at radius 2 is 1.65 bits per heavy atom. The third-order valence-electron chi connectivity index (χ3n) is 2.61. The highest BCUT2D eigenvalue weighted by molar-refractivity contribution is 5.87. The molecule has 0 saturated carbocycles. The third-order valence-corrected chi connectivity index (χ3v) is 2.61. The number of carbonyl (C=O) groups excluding carboxylic acids is 3. The van der Waals surface area contributed by atoms with Crippen molar-refractivity contribution in [2.24, 2.45) is 5.92 Å². The van der Waals surface area contributed by atoms with E-state index < -0.39 is 0 Å². The molecule has 0 bridgehead atoms. The molecule has 4 nitrogen and oxygen atoms in total. The van der Waals surface area contributed by atoms with Crippen LogP contribution in [0.25, 0.3) is 0 Å². The van der Waals surface area contributed by atoms with Crippen molar-refractivity contribution < 1.29 is 14.4 Å². The zero-order chi connectivity index (χ0) is 13.3. The van der Waals surface area contributed by atoms with Crippen LogP contribution in [-0.4, -0.2) is 24.0 Å². The second kappa shape index (κ2) is 8.90. The Labute approximate surface area is 103 Å². The van der Waals surface area contributed by atoms with Crippen molar-refractivity contribution in [1.29, 1.82) is 0 Å². The highest BCUT2D eigenvalue weighted by Crippen LogP contribution is 2.02. The average Bonchev–Trinajstić information content (AvgIpc) is 2.30. The molecule has 0 heterocycles. The smallest absolute Gasteiger partial charge is 0.220 e. The summed E-state index contributed by atoms with van der Waals surface area (Å²) in [5, 5.41) is 2.59. The van der Waals surface area contributed by atoms with Gasteiger partial charge in [-0.25, -0.2) is 0 Å². The molecule has 17 heavy (non-hydrogen) atoms. The second-order valence-corrected chi connectivity index (χ2v) is 4.50. The van der Waals surface area contributed by atoms with E-state index in [9.17, 15) is 14.4 Å². The Morgan fingerprint density at radius 1 is 1.06 bits per heavy atom. The van der Waals surface area contributed by atoms with Crippen LogP contribution in [0.1, 0.15) is 52.9 Å². The minimum absolute atomic E-state index is 0.0412. The number of unbranched alkanes of at least 4 members (excludes halogenated alkanes) is 1. The van der Waals surface area contributed by atoms with Gasteiger partial charge in [0.1, 0.15) is 5.78 Å². The van der Waals surface area contributed by atoms with E-state index in [0.29, 0.717) is 25.7 Å². The maximum Gasteiger partial charge on any atom is 0.220 e. The first kappa shape index (κ1) is 15.8. The van der Waals surface area contributed by atoms with Crippen LogP contribution in [0.15, 0.2) is 0 Å². The average molecular weight is 241 g/mol. The molecule has 4 heteroatoms. The molecule has 0 aromatic heterocycles. The number of ketones is 2. The lowest BCUT2D eigenvalue weighted by Gasteiger charge is -2.06. The Balaban J connectivity index is 3.54. The monoisotopic (exact) mass is 241 g/mol. The highest BCUT2D eigenvalue weighted by Gasteiger charge is 2.09. The zero-order valence-electron chi connectivity index (χ0n) is 11.0. The molecule has 1 N–H and O–H groups in total. The number of nitrogens with one attached hydrogen (secondary N) is 1. The van der Waals surface area contributed by atoms with Crippen molar-refractivity contribution in [3.8, 4) is 0 Å². The van der Waals surface area contributed by atoms with E-state index in [-0.39, 0.29) is 29.9 Å². The van der Waals surface area contributed by atoms with Gasteiger partial charge in [-0.1, -0.05) is 20.8 Å². The summed E-state index contributed by atoms with van der Waals surface area (Å²) in [6.45, 7) is 5.58. The normalized spacial score (nSPS) is 10.4. The molecule has 0 saturated heterocycles.